The SMILES string of the molecule is CC(C)(C)[C@H](NC(=O)C(F)(F)F)C(=O)N1CS2(CCCC2)C[C@H]1C(=O)N[C@H](C#N)C[C@@H]1CCC2(CC2)NC1=O. The maximum atomic E-state index is 13.8. The zero-order chi connectivity index (χ0) is 28.8. The van der Waals surface area contributed by atoms with Crippen LogP contribution in [0.1, 0.15) is 65.7 Å². The molecule has 9 nitrogen and oxygen atoms in total. The van der Waals surface area contributed by atoms with E-state index in [4.69, 9.17) is 0 Å². The van der Waals surface area contributed by atoms with Gasteiger partial charge in [-0.1, -0.05) is 20.8 Å². The van der Waals surface area contributed by atoms with Crippen LogP contribution in [0.5, 0.6) is 0 Å². The van der Waals surface area contributed by atoms with Crippen LogP contribution in [0.25, 0.3) is 0 Å². The fourth-order valence-corrected chi connectivity index (χ4v) is 10.4. The van der Waals surface area contributed by atoms with Crippen LogP contribution in [-0.2, 0) is 19.2 Å². The minimum absolute atomic E-state index is 0.0901. The van der Waals surface area contributed by atoms with E-state index in [9.17, 15) is 37.6 Å². The van der Waals surface area contributed by atoms with Gasteiger partial charge in [0, 0.05) is 17.2 Å². The lowest BCUT2D eigenvalue weighted by Crippen LogP contribution is -2.60. The maximum absolute atomic E-state index is 13.8. The van der Waals surface area contributed by atoms with Crippen LogP contribution >= 0.6 is 10.0 Å². The topological polar surface area (TPSA) is 131 Å². The van der Waals surface area contributed by atoms with E-state index in [-0.39, 0.29) is 23.7 Å². The van der Waals surface area contributed by atoms with Gasteiger partial charge in [0.15, 0.2) is 0 Å². The summed E-state index contributed by atoms with van der Waals surface area (Å²) in [6, 6.07) is -1.33. The number of piperidine rings is 1. The Morgan fingerprint density at radius 1 is 1.15 bits per heavy atom. The molecule has 0 bridgehead atoms. The van der Waals surface area contributed by atoms with Crippen LogP contribution in [0.2, 0.25) is 0 Å². The second-order valence-electron chi connectivity index (χ2n) is 12.7. The first-order valence-electron chi connectivity index (χ1n) is 13.5. The van der Waals surface area contributed by atoms with E-state index in [1.54, 1.807) is 20.8 Å². The summed E-state index contributed by atoms with van der Waals surface area (Å²) in [5, 5.41) is 17.4. The molecule has 1 saturated carbocycles. The Kier molecular flexibility index (Phi) is 7.93. The van der Waals surface area contributed by atoms with Gasteiger partial charge >= 0.3 is 12.1 Å². The molecule has 4 rings (SSSR count). The molecule has 0 radical (unpaired) electrons. The third-order valence-corrected chi connectivity index (χ3v) is 12.7. The molecule has 1 aliphatic carbocycles. The summed E-state index contributed by atoms with van der Waals surface area (Å²) in [6.07, 6.45) is 0.286. The van der Waals surface area contributed by atoms with Crippen LogP contribution in [0, 0.1) is 22.7 Å². The van der Waals surface area contributed by atoms with Crippen molar-refractivity contribution in [2.45, 2.75) is 95.6 Å². The van der Waals surface area contributed by atoms with Crippen molar-refractivity contribution in [3.8, 4) is 6.07 Å². The normalized spacial score (nSPS) is 27.8. The number of halogens is 3. The molecule has 218 valence electrons. The molecule has 3 heterocycles. The van der Waals surface area contributed by atoms with E-state index < -0.39 is 63.4 Å². The third kappa shape index (κ3) is 6.47. The van der Waals surface area contributed by atoms with Crippen LogP contribution in [0.3, 0.4) is 0 Å². The molecule has 4 aliphatic rings. The van der Waals surface area contributed by atoms with Gasteiger partial charge in [0.25, 0.3) is 0 Å². The molecule has 0 aromatic carbocycles. The molecule has 3 N–H and O–H groups in total. The minimum Gasteiger partial charge on any atom is -0.350 e. The van der Waals surface area contributed by atoms with Crippen LogP contribution in [0.15, 0.2) is 0 Å². The van der Waals surface area contributed by atoms with Crippen molar-refractivity contribution in [1.29, 1.82) is 5.26 Å². The Balaban J connectivity index is 1.50. The quantitative estimate of drug-likeness (QED) is 0.449. The molecular weight excluding hydrogens is 535 g/mol. The van der Waals surface area contributed by atoms with Crippen molar-refractivity contribution in [3.05, 3.63) is 0 Å². The van der Waals surface area contributed by atoms with E-state index in [0.29, 0.717) is 12.2 Å². The van der Waals surface area contributed by atoms with Gasteiger partial charge in [0.1, 0.15) is 18.1 Å². The highest BCUT2D eigenvalue weighted by Gasteiger charge is 2.52. The van der Waals surface area contributed by atoms with Crippen LogP contribution in [0.4, 0.5) is 13.2 Å². The van der Waals surface area contributed by atoms with Crippen molar-refractivity contribution in [2.24, 2.45) is 11.3 Å². The van der Waals surface area contributed by atoms with Crippen molar-refractivity contribution < 1.29 is 32.3 Å². The summed E-state index contributed by atoms with van der Waals surface area (Å²) in [7, 11) is -1.37. The fraction of sp³-hybridized carbons (Fsp3) is 0.808. The van der Waals surface area contributed by atoms with E-state index in [0.717, 1.165) is 43.6 Å². The first-order valence-corrected chi connectivity index (χ1v) is 15.8. The molecule has 39 heavy (non-hydrogen) atoms. The Bertz CT molecular complexity index is 1060. The van der Waals surface area contributed by atoms with Crippen molar-refractivity contribution in [3.63, 3.8) is 0 Å². The zero-order valence-electron chi connectivity index (χ0n) is 22.7. The van der Waals surface area contributed by atoms with Crippen molar-refractivity contribution >= 4 is 33.7 Å². The maximum Gasteiger partial charge on any atom is 0.471 e. The number of rotatable bonds is 6. The number of carbonyl (C=O) groups is 4. The predicted molar refractivity (Wildman–Crippen MR) is 139 cm³/mol. The van der Waals surface area contributed by atoms with Crippen molar-refractivity contribution in [1.82, 2.24) is 20.9 Å². The lowest BCUT2D eigenvalue weighted by molar-refractivity contribution is -0.176. The van der Waals surface area contributed by atoms with Gasteiger partial charge in [-0.3, -0.25) is 19.2 Å². The number of hydrogen-bond acceptors (Lipinski definition) is 5. The zero-order valence-corrected chi connectivity index (χ0v) is 23.5. The van der Waals surface area contributed by atoms with E-state index in [2.05, 4.69) is 16.7 Å². The van der Waals surface area contributed by atoms with E-state index >= 15 is 0 Å². The number of nitrogens with one attached hydrogen (secondary N) is 3. The standard InChI is InChI=1S/C26H38F3N5O4S/c1-24(2,3)19(32-23(38)26(27,28)29)22(37)34-15-39(10-4-5-11-39)14-18(34)21(36)31-17(13-30)12-16-6-7-25(8-9-25)33-20(16)35/h16-19H,4-12,14-15H2,1-3H3,(H,31,36)(H,32,38)(H,33,35)/t16-,17-,18-,19+/m0/s1. The highest BCUT2D eigenvalue weighted by Crippen LogP contribution is 2.59. The third-order valence-electron chi connectivity index (χ3n) is 8.51. The Hall–Kier alpha value is -2.49. The summed E-state index contributed by atoms with van der Waals surface area (Å²) in [6.45, 7) is 4.67. The molecule has 0 aromatic heterocycles. The monoisotopic (exact) mass is 573 g/mol. The molecule has 4 atom stereocenters. The van der Waals surface area contributed by atoms with Gasteiger partial charge in [-0.15, -0.1) is 0 Å². The van der Waals surface area contributed by atoms with Crippen LogP contribution < -0.4 is 16.0 Å². The van der Waals surface area contributed by atoms with E-state index in [1.165, 1.54) is 4.90 Å². The minimum atomic E-state index is -5.16. The van der Waals surface area contributed by atoms with Gasteiger partial charge in [0.05, 0.1) is 11.9 Å². The number of carbonyl (C=O) groups excluding carboxylic acids is 4. The molecule has 4 fully saturated rings. The summed E-state index contributed by atoms with van der Waals surface area (Å²) in [5.74, 6) is -1.58. The Labute approximate surface area is 228 Å². The summed E-state index contributed by atoms with van der Waals surface area (Å²) in [5.41, 5.74) is -1.14. The smallest absolute Gasteiger partial charge is 0.350 e. The van der Waals surface area contributed by atoms with Gasteiger partial charge in [-0.2, -0.15) is 18.4 Å². The van der Waals surface area contributed by atoms with Gasteiger partial charge in [-0.25, -0.2) is 10.0 Å². The first kappa shape index (κ1) is 29.5. The molecule has 3 saturated heterocycles. The average molecular weight is 574 g/mol. The molecular formula is C26H38F3N5O4S. The number of alkyl halides is 3. The number of hydrogen-bond donors (Lipinski definition) is 3. The highest BCUT2D eigenvalue weighted by atomic mass is 32.3. The van der Waals surface area contributed by atoms with E-state index in [1.807, 2.05) is 5.32 Å². The molecule has 2 spiro atoms. The predicted octanol–water partition coefficient (Wildman–Crippen LogP) is 2.30. The average Bonchev–Trinajstić information content (AvgIpc) is 3.25. The fourth-order valence-electron chi connectivity index (χ4n) is 5.99. The Morgan fingerprint density at radius 3 is 2.31 bits per heavy atom. The molecule has 0 aromatic rings. The lowest BCUT2D eigenvalue weighted by atomic mass is 9.85. The molecule has 3 aliphatic heterocycles. The van der Waals surface area contributed by atoms with Gasteiger partial charge < -0.3 is 20.9 Å². The summed E-state index contributed by atoms with van der Waals surface area (Å²) < 4.78 is 39.2. The molecule has 13 heteroatoms. The van der Waals surface area contributed by atoms with Crippen molar-refractivity contribution in [2.75, 3.05) is 23.1 Å². The number of nitriles is 1. The molecule has 0 unspecified atom stereocenters. The first-order chi connectivity index (χ1) is 18.1. The summed E-state index contributed by atoms with van der Waals surface area (Å²) in [4.78, 5) is 53.0. The number of nitrogens with zero attached hydrogens (tertiary/aromatic N) is 2. The summed E-state index contributed by atoms with van der Waals surface area (Å²) >= 11 is 0. The number of amides is 4. The van der Waals surface area contributed by atoms with Gasteiger partial charge in [0.2, 0.25) is 17.7 Å². The van der Waals surface area contributed by atoms with Gasteiger partial charge in [-0.05, 0) is 61.9 Å². The lowest BCUT2D eigenvalue weighted by Gasteiger charge is -2.36. The second-order valence-corrected chi connectivity index (χ2v) is 16.5. The highest BCUT2D eigenvalue weighted by molar-refractivity contribution is 8.34. The Morgan fingerprint density at radius 2 is 1.79 bits per heavy atom. The second kappa shape index (κ2) is 10.5. The molecule has 4 amide bonds. The largest absolute Gasteiger partial charge is 0.471 e. The van der Waals surface area contributed by atoms with Crippen LogP contribution in [-0.4, -0.2) is 81.5 Å².